The van der Waals surface area contributed by atoms with E-state index in [1.165, 1.54) is 70.6 Å². The van der Waals surface area contributed by atoms with Crippen LogP contribution >= 0.6 is 0 Å². The summed E-state index contributed by atoms with van der Waals surface area (Å²) in [6.07, 6.45) is 16.9. The smallest absolute Gasteiger partial charge is 0.306 e. The van der Waals surface area contributed by atoms with E-state index in [1.807, 2.05) is 20.8 Å². The van der Waals surface area contributed by atoms with Crippen molar-refractivity contribution in [2.45, 2.75) is 136 Å². The van der Waals surface area contributed by atoms with Crippen LogP contribution in [0.15, 0.2) is 0 Å². The third-order valence-corrected chi connectivity index (χ3v) is 5.31. The molecule has 5 nitrogen and oxygen atoms in total. The maximum Gasteiger partial charge on any atom is 0.306 e. The second kappa shape index (κ2) is 21.6. The Labute approximate surface area is 186 Å². The van der Waals surface area contributed by atoms with Crippen molar-refractivity contribution >= 4 is 5.97 Å². The number of carbonyl (C=O) groups is 1. The molecule has 0 aromatic heterocycles. The summed E-state index contributed by atoms with van der Waals surface area (Å²) in [5.74, 6) is -0.132. The van der Waals surface area contributed by atoms with Gasteiger partial charge in [0.05, 0.1) is 32.0 Å². The van der Waals surface area contributed by atoms with Gasteiger partial charge in [-0.3, -0.25) is 4.79 Å². The minimum Gasteiger partial charge on any atom is -0.460 e. The van der Waals surface area contributed by atoms with Crippen LogP contribution in [0.25, 0.3) is 0 Å². The molecule has 0 amide bonds. The number of esters is 1. The second-order valence-electron chi connectivity index (χ2n) is 8.76. The Hall–Kier alpha value is -0.650. The van der Waals surface area contributed by atoms with Gasteiger partial charge < -0.3 is 19.3 Å². The van der Waals surface area contributed by atoms with Crippen molar-refractivity contribution in [2.75, 3.05) is 19.8 Å². The van der Waals surface area contributed by atoms with E-state index in [0.29, 0.717) is 19.6 Å². The van der Waals surface area contributed by atoms with Crippen LogP contribution in [0.3, 0.4) is 0 Å². The molecule has 0 aliphatic heterocycles. The van der Waals surface area contributed by atoms with Gasteiger partial charge in [-0.15, -0.1) is 0 Å². The molecule has 0 heterocycles. The summed E-state index contributed by atoms with van der Waals surface area (Å²) in [4.78, 5) is 11.9. The van der Waals surface area contributed by atoms with Crippen LogP contribution in [0.1, 0.15) is 118 Å². The molecule has 0 aliphatic rings. The van der Waals surface area contributed by atoms with Gasteiger partial charge in [-0.25, -0.2) is 0 Å². The van der Waals surface area contributed by atoms with Gasteiger partial charge in [0, 0.05) is 6.42 Å². The molecular weight excluding hydrogens is 380 g/mol. The van der Waals surface area contributed by atoms with Crippen molar-refractivity contribution in [3.05, 3.63) is 0 Å². The molecule has 3 atom stereocenters. The monoisotopic (exact) mass is 430 g/mol. The largest absolute Gasteiger partial charge is 0.460 e. The highest BCUT2D eigenvalue weighted by atomic mass is 16.6. The van der Waals surface area contributed by atoms with E-state index in [1.54, 1.807) is 0 Å². The average molecular weight is 431 g/mol. The van der Waals surface area contributed by atoms with Crippen LogP contribution in [0.2, 0.25) is 0 Å². The van der Waals surface area contributed by atoms with Crippen molar-refractivity contribution in [3.63, 3.8) is 0 Å². The first-order valence-corrected chi connectivity index (χ1v) is 12.5. The fourth-order valence-corrected chi connectivity index (χ4v) is 3.30. The first kappa shape index (κ1) is 29.4. The van der Waals surface area contributed by atoms with Gasteiger partial charge in [0.15, 0.2) is 0 Å². The zero-order valence-electron chi connectivity index (χ0n) is 20.3. The van der Waals surface area contributed by atoms with E-state index in [2.05, 4.69) is 6.92 Å². The number of ether oxygens (including phenoxy) is 3. The molecule has 0 aliphatic carbocycles. The number of aliphatic hydroxyl groups is 1. The summed E-state index contributed by atoms with van der Waals surface area (Å²) in [5.41, 5.74) is 0. The van der Waals surface area contributed by atoms with Crippen LogP contribution in [0.4, 0.5) is 0 Å². The lowest BCUT2D eigenvalue weighted by atomic mass is 10.0. The number of unbranched alkanes of at least 4 members (excludes halogenated alkanes) is 12. The predicted octanol–water partition coefficient (Wildman–Crippen LogP) is 6.20. The Morgan fingerprint density at radius 2 is 1.10 bits per heavy atom. The maximum atomic E-state index is 11.9. The Bertz CT molecular complexity index is 375. The Kier molecular flexibility index (Phi) is 21.1. The molecule has 1 N–H and O–H groups in total. The minimum absolute atomic E-state index is 0.0000701. The van der Waals surface area contributed by atoms with Gasteiger partial charge in [-0.1, -0.05) is 84.0 Å². The summed E-state index contributed by atoms with van der Waals surface area (Å²) in [6.45, 7) is 8.62. The molecule has 0 aromatic carbocycles. The fourth-order valence-electron chi connectivity index (χ4n) is 3.30. The molecule has 0 saturated heterocycles. The van der Waals surface area contributed by atoms with Gasteiger partial charge in [0.2, 0.25) is 0 Å². The predicted molar refractivity (Wildman–Crippen MR) is 124 cm³/mol. The zero-order valence-corrected chi connectivity index (χ0v) is 20.3. The summed E-state index contributed by atoms with van der Waals surface area (Å²) in [5, 5.41) is 8.93. The van der Waals surface area contributed by atoms with Crippen molar-refractivity contribution in [2.24, 2.45) is 0 Å². The Balaban J connectivity index is 3.44. The number of carbonyl (C=O) groups excluding carboxylic acids is 1. The quantitative estimate of drug-likeness (QED) is 0.164. The summed E-state index contributed by atoms with van der Waals surface area (Å²) in [6, 6.07) is 0. The second-order valence-corrected chi connectivity index (χ2v) is 8.76. The topological polar surface area (TPSA) is 65.0 Å². The van der Waals surface area contributed by atoms with Crippen LogP contribution in [0.5, 0.6) is 0 Å². The van der Waals surface area contributed by atoms with E-state index >= 15 is 0 Å². The summed E-state index contributed by atoms with van der Waals surface area (Å²) >= 11 is 0. The van der Waals surface area contributed by atoms with Gasteiger partial charge in [0.1, 0.15) is 6.10 Å². The maximum absolute atomic E-state index is 11.9. The van der Waals surface area contributed by atoms with Crippen molar-refractivity contribution in [3.8, 4) is 0 Å². The highest BCUT2D eigenvalue weighted by Crippen LogP contribution is 2.13. The van der Waals surface area contributed by atoms with Crippen LogP contribution in [-0.2, 0) is 19.0 Å². The SMILES string of the molecule is CCCCCCCCCCCCCCCC(=O)OC(C)COC(C)COC(C)CO. The average Bonchev–Trinajstić information content (AvgIpc) is 2.73. The molecule has 180 valence electrons. The molecule has 5 heteroatoms. The highest BCUT2D eigenvalue weighted by molar-refractivity contribution is 5.69. The van der Waals surface area contributed by atoms with E-state index in [9.17, 15) is 4.79 Å². The van der Waals surface area contributed by atoms with E-state index in [0.717, 1.165) is 12.8 Å². The molecule has 0 aromatic rings. The molecule has 0 fully saturated rings. The van der Waals surface area contributed by atoms with E-state index < -0.39 is 0 Å². The summed E-state index contributed by atoms with van der Waals surface area (Å²) in [7, 11) is 0. The Morgan fingerprint density at radius 3 is 1.60 bits per heavy atom. The first-order valence-electron chi connectivity index (χ1n) is 12.5. The number of hydrogen-bond acceptors (Lipinski definition) is 5. The van der Waals surface area contributed by atoms with Crippen LogP contribution < -0.4 is 0 Å². The molecule has 0 bridgehead atoms. The van der Waals surface area contributed by atoms with E-state index in [4.69, 9.17) is 19.3 Å². The van der Waals surface area contributed by atoms with Gasteiger partial charge >= 0.3 is 5.97 Å². The first-order chi connectivity index (χ1) is 14.5. The molecule has 0 rings (SSSR count). The normalized spacial score (nSPS) is 14.4. The van der Waals surface area contributed by atoms with Gasteiger partial charge in [-0.05, 0) is 27.2 Å². The minimum atomic E-state index is -0.253. The van der Waals surface area contributed by atoms with Gasteiger partial charge in [0.25, 0.3) is 0 Å². The van der Waals surface area contributed by atoms with Gasteiger partial charge in [-0.2, -0.15) is 0 Å². The number of aliphatic hydroxyl groups excluding tert-OH is 1. The van der Waals surface area contributed by atoms with Crippen molar-refractivity contribution in [1.82, 2.24) is 0 Å². The number of rotatable bonds is 22. The molecule has 30 heavy (non-hydrogen) atoms. The highest BCUT2D eigenvalue weighted by Gasteiger charge is 2.12. The molecule has 0 spiro atoms. The molecular formula is C25H50O5. The van der Waals surface area contributed by atoms with Crippen LogP contribution in [-0.4, -0.2) is 49.2 Å². The lowest BCUT2D eigenvalue weighted by molar-refractivity contribution is -0.153. The third-order valence-electron chi connectivity index (χ3n) is 5.31. The summed E-state index contributed by atoms with van der Waals surface area (Å²) < 4.78 is 16.5. The third kappa shape index (κ3) is 20.6. The molecule has 0 radical (unpaired) electrons. The molecule has 0 saturated carbocycles. The lowest BCUT2D eigenvalue weighted by Crippen LogP contribution is -2.27. The number of hydrogen-bond donors (Lipinski definition) is 1. The van der Waals surface area contributed by atoms with Crippen LogP contribution in [0, 0.1) is 0 Å². The van der Waals surface area contributed by atoms with E-state index in [-0.39, 0.29) is 30.9 Å². The zero-order chi connectivity index (χ0) is 22.5. The van der Waals surface area contributed by atoms with Crippen molar-refractivity contribution < 1.29 is 24.1 Å². The Morgan fingerprint density at radius 1 is 0.667 bits per heavy atom. The van der Waals surface area contributed by atoms with Crippen molar-refractivity contribution in [1.29, 1.82) is 0 Å². The molecule has 3 unspecified atom stereocenters. The standard InChI is InChI=1S/C25H50O5/c1-5-6-7-8-9-10-11-12-13-14-15-16-17-18-25(27)30-24(4)21-29-23(3)20-28-22(2)19-26/h22-24,26H,5-21H2,1-4H3. The fraction of sp³-hybridized carbons (Fsp3) is 0.960. The lowest BCUT2D eigenvalue weighted by Gasteiger charge is -2.19.